The molecule has 90 valence electrons. The van der Waals surface area contributed by atoms with Crippen LogP contribution in [0, 0.1) is 6.92 Å². The lowest BCUT2D eigenvalue weighted by Gasteiger charge is -2.18. The second kappa shape index (κ2) is 5.24. The van der Waals surface area contributed by atoms with Crippen LogP contribution in [-0.4, -0.2) is 6.10 Å². The second-order valence-electron chi connectivity index (χ2n) is 4.72. The molecule has 0 aliphatic carbocycles. The van der Waals surface area contributed by atoms with Gasteiger partial charge in [-0.3, -0.25) is 0 Å². The van der Waals surface area contributed by atoms with Crippen LogP contribution in [0.3, 0.4) is 0 Å². The second-order valence-corrected chi connectivity index (χ2v) is 4.72. The molecule has 1 aromatic rings. The quantitative estimate of drug-likeness (QED) is 0.783. The summed E-state index contributed by atoms with van der Waals surface area (Å²) in [6, 6.07) is 4.11. The van der Waals surface area contributed by atoms with E-state index in [1.54, 1.807) is 0 Å². The average Bonchev–Trinajstić information content (AvgIpc) is 2.20. The summed E-state index contributed by atoms with van der Waals surface area (Å²) < 4.78 is 5.71. The molecular weight excluding hydrogens is 198 g/mol. The molecule has 2 nitrogen and oxygen atoms in total. The van der Waals surface area contributed by atoms with E-state index in [9.17, 15) is 0 Å². The van der Waals surface area contributed by atoms with Gasteiger partial charge in [-0.2, -0.15) is 0 Å². The van der Waals surface area contributed by atoms with Crippen molar-refractivity contribution in [1.29, 1.82) is 0 Å². The van der Waals surface area contributed by atoms with Crippen LogP contribution in [0.2, 0.25) is 0 Å². The van der Waals surface area contributed by atoms with Gasteiger partial charge in [-0.25, -0.2) is 0 Å². The molecule has 16 heavy (non-hydrogen) atoms. The zero-order valence-electron chi connectivity index (χ0n) is 11.0. The molecular formula is C14H23NO. The van der Waals surface area contributed by atoms with Crippen LogP contribution in [0.4, 0.5) is 5.69 Å². The van der Waals surface area contributed by atoms with Crippen LogP contribution in [0.1, 0.15) is 51.2 Å². The Morgan fingerprint density at radius 3 is 2.38 bits per heavy atom. The summed E-state index contributed by atoms with van der Waals surface area (Å²) in [4.78, 5) is 0. The Kier molecular flexibility index (Phi) is 4.22. The standard InChI is InChI=1S/C14H23NO/c1-6-10(4)12-8-14(16-9(2)3)13(15)7-11(12)5/h7-10H,6,15H2,1-5H3. The highest BCUT2D eigenvalue weighted by atomic mass is 16.5. The Morgan fingerprint density at radius 2 is 1.88 bits per heavy atom. The molecule has 0 aliphatic heterocycles. The van der Waals surface area contributed by atoms with Crippen molar-refractivity contribution in [2.24, 2.45) is 0 Å². The van der Waals surface area contributed by atoms with Gasteiger partial charge in [0.15, 0.2) is 0 Å². The van der Waals surface area contributed by atoms with Crippen molar-refractivity contribution in [3.05, 3.63) is 23.3 Å². The first-order valence-corrected chi connectivity index (χ1v) is 6.02. The maximum absolute atomic E-state index is 5.96. The Bertz CT molecular complexity index is 358. The van der Waals surface area contributed by atoms with E-state index in [1.165, 1.54) is 11.1 Å². The normalized spacial score (nSPS) is 12.9. The Hall–Kier alpha value is -1.18. The van der Waals surface area contributed by atoms with Gasteiger partial charge in [0.2, 0.25) is 0 Å². The summed E-state index contributed by atoms with van der Waals surface area (Å²) in [5.41, 5.74) is 9.28. The summed E-state index contributed by atoms with van der Waals surface area (Å²) in [5.74, 6) is 1.37. The number of nitrogen functional groups attached to an aromatic ring is 1. The molecule has 0 amide bonds. The molecule has 2 N–H and O–H groups in total. The maximum Gasteiger partial charge on any atom is 0.142 e. The smallest absolute Gasteiger partial charge is 0.142 e. The van der Waals surface area contributed by atoms with E-state index in [2.05, 4.69) is 26.8 Å². The molecule has 0 aliphatic rings. The summed E-state index contributed by atoms with van der Waals surface area (Å²) in [6.45, 7) is 10.6. The van der Waals surface area contributed by atoms with E-state index < -0.39 is 0 Å². The molecule has 1 atom stereocenters. The summed E-state index contributed by atoms with van der Waals surface area (Å²) >= 11 is 0. The number of ether oxygens (including phenoxy) is 1. The highest BCUT2D eigenvalue weighted by Crippen LogP contribution is 2.31. The number of hydrogen-bond donors (Lipinski definition) is 1. The van der Waals surface area contributed by atoms with Crippen molar-refractivity contribution < 1.29 is 4.74 Å². The molecule has 0 heterocycles. The van der Waals surface area contributed by atoms with Crippen molar-refractivity contribution in [2.75, 3.05) is 5.73 Å². The molecule has 0 aromatic heterocycles. The van der Waals surface area contributed by atoms with Crippen LogP contribution in [0.5, 0.6) is 5.75 Å². The topological polar surface area (TPSA) is 35.2 Å². The Morgan fingerprint density at radius 1 is 1.25 bits per heavy atom. The predicted octanol–water partition coefficient (Wildman–Crippen LogP) is 3.88. The SMILES string of the molecule is CCC(C)c1cc(OC(C)C)c(N)cc1C. The highest BCUT2D eigenvalue weighted by molar-refractivity contribution is 5.57. The van der Waals surface area contributed by atoms with Crippen molar-refractivity contribution in [2.45, 2.75) is 53.1 Å². The van der Waals surface area contributed by atoms with Gasteiger partial charge in [0.05, 0.1) is 11.8 Å². The highest BCUT2D eigenvalue weighted by Gasteiger charge is 2.11. The van der Waals surface area contributed by atoms with Gasteiger partial charge in [-0.1, -0.05) is 13.8 Å². The molecule has 0 bridgehead atoms. The monoisotopic (exact) mass is 221 g/mol. The molecule has 0 spiro atoms. The molecule has 1 aromatic carbocycles. The number of benzene rings is 1. The molecule has 0 saturated heterocycles. The lowest BCUT2D eigenvalue weighted by Crippen LogP contribution is -2.09. The van der Waals surface area contributed by atoms with E-state index in [1.807, 2.05) is 19.9 Å². The first-order valence-electron chi connectivity index (χ1n) is 6.02. The largest absolute Gasteiger partial charge is 0.489 e. The van der Waals surface area contributed by atoms with Gasteiger partial charge in [0.25, 0.3) is 0 Å². The average molecular weight is 221 g/mol. The van der Waals surface area contributed by atoms with Crippen LogP contribution < -0.4 is 10.5 Å². The first kappa shape index (κ1) is 12.9. The number of nitrogens with two attached hydrogens (primary N) is 1. The van der Waals surface area contributed by atoms with E-state index in [4.69, 9.17) is 10.5 Å². The molecule has 0 saturated carbocycles. The van der Waals surface area contributed by atoms with E-state index in [0.717, 1.165) is 17.9 Å². The number of aryl methyl sites for hydroxylation is 1. The van der Waals surface area contributed by atoms with E-state index >= 15 is 0 Å². The summed E-state index contributed by atoms with van der Waals surface area (Å²) in [5, 5.41) is 0. The third-order valence-electron chi connectivity index (χ3n) is 2.90. The number of hydrogen-bond acceptors (Lipinski definition) is 2. The fourth-order valence-electron chi connectivity index (χ4n) is 1.83. The van der Waals surface area contributed by atoms with Crippen molar-refractivity contribution in [3.8, 4) is 5.75 Å². The lowest BCUT2D eigenvalue weighted by atomic mass is 9.93. The summed E-state index contributed by atoms with van der Waals surface area (Å²) in [7, 11) is 0. The minimum absolute atomic E-state index is 0.162. The minimum Gasteiger partial charge on any atom is -0.489 e. The number of anilines is 1. The third kappa shape index (κ3) is 2.91. The minimum atomic E-state index is 0.162. The Balaban J connectivity index is 3.11. The maximum atomic E-state index is 5.96. The van der Waals surface area contributed by atoms with Gasteiger partial charge >= 0.3 is 0 Å². The van der Waals surface area contributed by atoms with E-state index in [-0.39, 0.29) is 6.10 Å². The van der Waals surface area contributed by atoms with Crippen LogP contribution in [-0.2, 0) is 0 Å². The van der Waals surface area contributed by atoms with Crippen LogP contribution >= 0.6 is 0 Å². The zero-order valence-corrected chi connectivity index (χ0v) is 11.0. The molecule has 1 rings (SSSR count). The van der Waals surface area contributed by atoms with Crippen molar-refractivity contribution >= 4 is 5.69 Å². The lowest BCUT2D eigenvalue weighted by molar-refractivity contribution is 0.243. The van der Waals surface area contributed by atoms with Gasteiger partial charge < -0.3 is 10.5 Å². The first-order chi connectivity index (χ1) is 7.45. The fraction of sp³-hybridized carbons (Fsp3) is 0.571. The Labute approximate surface area is 98.8 Å². The van der Waals surface area contributed by atoms with E-state index in [0.29, 0.717) is 5.92 Å². The molecule has 0 fully saturated rings. The van der Waals surface area contributed by atoms with Gasteiger partial charge in [-0.15, -0.1) is 0 Å². The van der Waals surface area contributed by atoms with Gasteiger partial charge in [0.1, 0.15) is 5.75 Å². The number of rotatable bonds is 4. The van der Waals surface area contributed by atoms with Crippen LogP contribution in [0.15, 0.2) is 12.1 Å². The fourth-order valence-corrected chi connectivity index (χ4v) is 1.83. The molecule has 1 unspecified atom stereocenters. The third-order valence-corrected chi connectivity index (χ3v) is 2.90. The molecule has 2 heteroatoms. The van der Waals surface area contributed by atoms with Crippen LogP contribution in [0.25, 0.3) is 0 Å². The molecule has 0 radical (unpaired) electrons. The van der Waals surface area contributed by atoms with Gasteiger partial charge in [-0.05, 0) is 56.4 Å². The summed E-state index contributed by atoms with van der Waals surface area (Å²) in [6.07, 6.45) is 1.29. The van der Waals surface area contributed by atoms with Gasteiger partial charge in [0, 0.05) is 0 Å². The van der Waals surface area contributed by atoms with Crippen molar-refractivity contribution in [3.63, 3.8) is 0 Å². The van der Waals surface area contributed by atoms with Crippen molar-refractivity contribution in [1.82, 2.24) is 0 Å². The zero-order chi connectivity index (χ0) is 12.3. The predicted molar refractivity (Wildman–Crippen MR) is 70.1 cm³/mol.